The van der Waals surface area contributed by atoms with E-state index in [0.717, 1.165) is 33.4 Å². The molecule has 2 heterocycles. The molecule has 1 N–H and O–H groups in total. The molecular weight excluding hydrogens is 364 g/mol. The molecule has 0 aliphatic heterocycles. The minimum atomic E-state index is -0.283. The fourth-order valence-electron chi connectivity index (χ4n) is 3.50. The molecule has 1 atom stereocenters. The van der Waals surface area contributed by atoms with Gasteiger partial charge in [0.1, 0.15) is 0 Å². The van der Waals surface area contributed by atoms with E-state index in [9.17, 15) is 4.79 Å². The molecule has 0 aliphatic rings. The summed E-state index contributed by atoms with van der Waals surface area (Å²) in [5, 5.41) is 13.8. The molecule has 0 fully saturated rings. The summed E-state index contributed by atoms with van der Waals surface area (Å²) in [7, 11) is 0. The molecular formula is C23H24N4O2. The number of nitrogens with zero attached hydrogens (tertiary/aromatic N) is 3. The van der Waals surface area contributed by atoms with Crippen molar-refractivity contribution in [3.63, 3.8) is 0 Å². The maximum atomic E-state index is 12.6. The van der Waals surface area contributed by atoms with Crippen LogP contribution in [0.15, 0.2) is 59.3 Å². The van der Waals surface area contributed by atoms with E-state index in [1.807, 2.05) is 56.8 Å². The quantitative estimate of drug-likeness (QED) is 0.526. The van der Waals surface area contributed by atoms with Gasteiger partial charge in [0.15, 0.2) is 0 Å². The molecule has 148 valence electrons. The molecule has 6 heteroatoms. The Morgan fingerprint density at radius 3 is 2.62 bits per heavy atom. The first-order chi connectivity index (χ1) is 14.0. The molecule has 1 unspecified atom stereocenters. The molecule has 0 spiro atoms. The molecule has 4 rings (SSSR count). The number of nitrogens with one attached hydrogen (secondary N) is 1. The van der Waals surface area contributed by atoms with E-state index in [2.05, 4.69) is 39.8 Å². The molecule has 4 aromatic rings. The lowest BCUT2D eigenvalue weighted by Gasteiger charge is -2.14. The number of benzene rings is 2. The topological polar surface area (TPSA) is 73.0 Å². The fourth-order valence-corrected chi connectivity index (χ4v) is 3.50. The largest absolute Gasteiger partial charge is 0.351 e. The second-order valence-electron chi connectivity index (χ2n) is 7.56. The summed E-state index contributed by atoms with van der Waals surface area (Å²) < 4.78 is 7.12. The second-order valence-corrected chi connectivity index (χ2v) is 7.56. The molecule has 0 bridgehead atoms. The molecule has 0 radical (unpaired) electrons. The van der Waals surface area contributed by atoms with Crippen molar-refractivity contribution in [2.24, 2.45) is 0 Å². The van der Waals surface area contributed by atoms with E-state index in [1.165, 1.54) is 0 Å². The Morgan fingerprint density at radius 2 is 1.86 bits per heavy atom. The molecule has 0 aliphatic carbocycles. The van der Waals surface area contributed by atoms with Crippen molar-refractivity contribution in [2.45, 2.75) is 39.7 Å². The van der Waals surface area contributed by atoms with Crippen molar-refractivity contribution in [1.29, 1.82) is 0 Å². The Hall–Kier alpha value is -3.41. The second kappa shape index (κ2) is 7.54. The van der Waals surface area contributed by atoms with Crippen LogP contribution in [0.2, 0.25) is 0 Å². The van der Waals surface area contributed by atoms with Gasteiger partial charge in [-0.15, -0.1) is 0 Å². The number of carbonyl (C=O) groups is 1. The van der Waals surface area contributed by atoms with Gasteiger partial charge in [-0.1, -0.05) is 55.4 Å². The Balaban J connectivity index is 1.60. The Kier molecular flexibility index (Phi) is 4.92. The minimum absolute atomic E-state index is 0.207. The first-order valence-corrected chi connectivity index (χ1v) is 9.76. The monoisotopic (exact) mass is 388 g/mol. The Bertz CT molecular complexity index is 1170. The Labute approximate surface area is 169 Å². The van der Waals surface area contributed by atoms with Crippen LogP contribution >= 0.6 is 0 Å². The highest BCUT2D eigenvalue weighted by Crippen LogP contribution is 2.26. The van der Waals surface area contributed by atoms with Crippen molar-refractivity contribution >= 4 is 16.7 Å². The number of carbonyl (C=O) groups excluding carboxylic acids is 1. The summed E-state index contributed by atoms with van der Waals surface area (Å²) in [5.74, 6) is 0.146. The van der Waals surface area contributed by atoms with Gasteiger partial charge < -0.3 is 9.84 Å². The number of hydrogen-bond acceptors (Lipinski definition) is 4. The fraction of sp³-hybridized carbons (Fsp3) is 0.261. The zero-order chi connectivity index (χ0) is 20.5. The van der Waals surface area contributed by atoms with E-state index in [1.54, 1.807) is 6.07 Å². The molecule has 6 nitrogen and oxygen atoms in total. The third-order valence-corrected chi connectivity index (χ3v) is 5.20. The van der Waals surface area contributed by atoms with Gasteiger partial charge in [-0.25, -0.2) is 4.68 Å². The average Bonchev–Trinajstić information content (AvgIpc) is 3.35. The standard InChI is InChI=1S/C23H24N4O2/c1-14(2)20-12-22(29-26-20)23(28)25-15(3)19-13-24-27(16(19)4)21-11-7-9-17-8-5-6-10-18(17)21/h5-15H,1-4H3,(H,25,28). The molecule has 1 amide bonds. The predicted molar refractivity (Wildman–Crippen MR) is 112 cm³/mol. The first kappa shape index (κ1) is 18.9. The summed E-state index contributed by atoms with van der Waals surface area (Å²) in [6, 6.07) is 15.9. The van der Waals surface area contributed by atoms with Crippen molar-refractivity contribution in [3.8, 4) is 5.69 Å². The number of hydrogen-bond donors (Lipinski definition) is 1. The van der Waals surface area contributed by atoms with E-state index in [-0.39, 0.29) is 23.6 Å². The maximum Gasteiger partial charge on any atom is 0.290 e. The first-order valence-electron chi connectivity index (χ1n) is 9.76. The summed E-state index contributed by atoms with van der Waals surface area (Å²) in [5.41, 5.74) is 3.72. The lowest BCUT2D eigenvalue weighted by molar-refractivity contribution is 0.0902. The molecule has 2 aromatic heterocycles. The van der Waals surface area contributed by atoms with Crippen LogP contribution in [0.4, 0.5) is 0 Å². The third kappa shape index (κ3) is 3.53. The van der Waals surface area contributed by atoms with Gasteiger partial charge in [0.2, 0.25) is 5.76 Å². The Morgan fingerprint density at radius 1 is 1.10 bits per heavy atom. The lowest BCUT2D eigenvalue weighted by Crippen LogP contribution is -2.26. The van der Waals surface area contributed by atoms with Crippen LogP contribution in [0, 0.1) is 6.92 Å². The third-order valence-electron chi connectivity index (χ3n) is 5.20. The minimum Gasteiger partial charge on any atom is -0.351 e. The summed E-state index contributed by atoms with van der Waals surface area (Å²) in [4.78, 5) is 12.6. The van der Waals surface area contributed by atoms with Crippen LogP contribution in [-0.4, -0.2) is 20.8 Å². The van der Waals surface area contributed by atoms with Crippen LogP contribution < -0.4 is 5.32 Å². The van der Waals surface area contributed by atoms with E-state index < -0.39 is 0 Å². The van der Waals surface area contributed by atoms with Crippen molar-refractivity contribution < 1.29 is 9.32 Å². The van der Waals surface area contributed by atoms with E-state index in [0.29, 0.717) is 0 Å². The number of fused-ring (bicyclic) bond motifs is 1. The highest BCUT2D eigenvalue weighted by atomic mass is 16.5. The lowest BCUT2D eigenvalue weighted by atomic mass is 10.1. The number of amides is 1. The van der Waals surface area contributed by atoms with Crippen LogP contribution in [0.5, 0.6) is 0 Å². The van der Waals surface area contributed by atoms with E-state index in [4.69, 9.17) is 4.52 Å². The van der Waals surface area contributed by atoms with Gasteiger partial charge in [-0.2, -0.15) is 5.10 Å². The van der Waals surface area contributed by atoms with E-state index >= 15 is 0 Å². The van der Waals surface area contributed by atoms with Crippen LogP contribution in [0.3, 0.4) is 0 Å². The van der Waals surface area contributed by atoms with Gasteiger partial charge >= 0.3 is 0 Å². The highest BCUT2D eigenvalue weighted by molar-refractivity contribution is 5.92. The zero-order valence-electron chi connectivity index (χ0n) is 17.0. The van der Waals surface area contributed by atoms with Gasteiger partial charge in [0, 0.05) is 22.7 Å². The average molecular weight is 388 g/mol. The van der Waals surface area contributed by atoms with Gasteiger partial charge in [0.25, 0.3) is 5.91 Å². The van der Waals surface area contributed by atoms with Crippen molar-refractivity contribution in [3.05, 3.63) is 77.4 Å². The number of aromatic nitrogens is 3. The summed E-state index contributed by atoms with van der Waals surface area (Å²) >= 11 is 0. The zero-order valence-corrected chi connectivity index (χ0v) is 17.0. The van der Waals surface area contributed by atoms with Crippen LogP contribution in [-0.2, 0) is 0 Å². The van der Waals surface area contributed by atoms with Crippen molar-refractivity contribution in [2.75, 3.05) is 0 Å². The predicted octanol–water partition coefficient (Wildman–Crippen LogP) is 4.94. The molecule has 0 saturated heterocycles. The maximum absolute atomic E-state index is 12.6. The normalized spacial score (nSPS) is 12.4. The summed E-state index contributed by atoms with van der Waals surface area (Å²) in [6.45, 7) is 7.97. The highest BCUT2D eigenvalue weighted by Gasteiger charge is 2.20. The smallest absolute Gasteiger partial charge is 0.290 e. The van der Waals surface area contributed by atoms with Gasteiger partial charge in [0.05, 0.1) is 23.6 Å². The summed E-state index contributed by atoms with van der Waals surface area (Å²) in [6.07, 6.45) is 1.81. The SMILES string of the molecule is Cc1c(C(C)NC(=O)c2cc(C(C)C)no2)cnn1-c1cccc2ccccc12. The van der Waals surface area contributed by atoms with Gasteiger partial charge in [-0.05, 0) is 31.2 Å². The van der Waals surface area contributed by atoms with Crippen molar-refractivity contribution in [1.82, 2.24) is 20.3 Å². The van der Waals surface area contributed by atoms with Gasteiger partial charge in [-0.3, -0.25) is 4.79 Å². The van der Waals surface area contributed by atoms with Crippen LogP contribution in [0.1, 0.15) is 60.2 Å². The number of rotatable bonds is 5. The molecule has 29 heavy (non-hydrogen) atoms. The molecule has 2 aromatic carbocycles. The molecule has 0 saturated carbocycles. The van der Waals surface area contributed by atoms with Crippen LogP contribution in [0.25, 0.3) is 16.5 Å².